The molecule has 0 aliphatic rings. The number of carbonyl (C=O) groups is 1. The molecule has 0 radical (unpaired) electrons. The molecule has 0 N–H and O–H groups in total. The standard InChI is InChI=1S/C6H5IO2/c1-4(8)5-2-3-9-6(5)7/h2-3H,1H3. The summed E-state index contributed by atoms with van der Waals surface area (Å²) in [5.74, 6) is 0.0492. The lowest BCUT2D eigenvalue weighted by molar-refractivity contribution is 0.101. The monoisotopic (exact) mass is 236 g/mol. The van der Waals surface area contributed by atoms with Gasteiger partial charge in [-0.2, -0.15) is 0 Å². The van der Waals surface area contributed by atoms with Gasteiger partial charge in [-0.25, -0.2) is 0 Å². The van der Waals surface area contributed by atoms with Crippen molar-refractivity contribution < 1.29 is 9.21 Å². The molecule has 9 heavy (non-hydrogen) atoms. The summed E-state index contributed by atoms with van der Waals surface area (Å²) in [6.45, 7) is 1.52. The van der Waals surface area contributed by atoms with Crippen LogP contribution in [0.5, 0.6) is 0 Å². The molecule has 0 aliphatic heterocycles. The van der Waals surface area contributed by atoms with Crippen LogP contribution in [0.1, 0.15) is 17.3 Å². The van der Waals surface area contributed by atoms with Gasteiger partial charge in [0.05, 0.1) is 11.8 Å². The van der Waals surface area contributed by atoms with Crippen molar-refractivity contribution in [1.29, 1.82) is 0 Å². The number of carbonyl (C=O) groups excluding carboxylic acids is 1. The summed E-state index contributed by atoms with van der Waals surface area (Å²) in [7, 11) is 0. The van der Waals surface area contributed by atoms with Gasteiger partial charge in [-0.05, 0) is 13.0 Å². The lowest BCUT2D eigenvalue weighted by Gasteiger charge is -1.84. The van der Waals surface area contributed by atoms with E-state index in [1.807, 2.05) is 22.6 Å². The maximum absolute atomic E-state index is 10.7. The fraction of sp³-hybridized carbons (Fsp3) is 0.167. The summed E-state index contributed by atoms with van der Waals surface area (Å²) >= 11 is 1.98. The third-order valence-corrected chi connectivity index (χ3v) is 1.83. The Morgan fingerprint density at radius 1 is 1.78 bits per heavy atom. The number of halogens is 1. The Labute approximate surface area is 66.4 Å². The summed E-state index contributed by atoms with van der Waals surface area (Å²) in [5, 5.41) is 0. The van der Waals surface area contributed by atoms with E-state index in [2.05, 4.69) is 0 Å². The highest BCUT2D eigenvalue weighted by Gasteiger charge is 2.05. The van der Waals surface area contributed by atoms with E-state index < -0.39 is 0 Å². The molecule has 0 bridgehead atoms. The molecular weight excluding hydrogens is 231 g/mol. The molecule has 0 aliphatic carbocycles. The smallest absolute Gasteiger partial charge is 0.174 e. The molecule has 0 amide bonds. The van der Waals surface area contributed by atoms with Crippen LogP contribution in [0.4, 0.5) is 0 Å². The van der Waals surface area contributed by atoms with Gasteiger partial charge in [-0.15, -0.1) is 0 Å². The first-order valence-corrected chi connectivity index (χ1v) is 3.53. The fourth-order valence-corrected chi connectivity index (χ4v) is 1.25. The summed E-state index contributed by atoms with van der Waals surface area (Å²) in [6, 6.07) is 1.67. The van der Waals surface area contributed by atoms with Crippen molar-refractivity contribution in [2.24, 2.45) is 0 Å². The Bertz CT molecular complexity index is 227. The van der Waals surface area contributed by atoms with Gasteiger partial charge in [0.1, 0.15) is 0 Å². The Balaban J connectivity index is 3.08. The van der Waals surface area contributed by atoms with Crippen molar-refractivity contribution in [1.82, 2.24) is 0 Å². The first-order chi connectivity index (χ1) is 4.22. The van der Waals surface area contributed by atoms with E-state index in [-0.39, 0.29) is 5.78 Å². The number of rotatable bonds is 1. The van der Waals surface area contributed by atoms with Crippen LogP contribution < -0.4 is 0 Å². The first kappa shape index (κ1) is 6.80. The van der Waals surface area contributed by atoms with Crippen molar-refractivity contribution in [3.63, 3.8) is 0 Å². The maximum Gasteiger partial charge on any atom is 0.174 e. The highest BCUT2D eigenvalue weighted by molar-refractivity contribution is 14.1. The molecule has 0 saturated heterocycles. The molecular formula is C6H5IO2. The van der Waals surface area contributed by atoms with Gasteiger partial charge in [0.25, 0.3) is 0 Å². The number of hydrogen-bond donors (Lipinski definition) is 0. The fourth-order valence-electron chi connectivity index (χ4n) is 0.547. The van der Waals surface area contributed by atoms with Crippen molar-refractivity contribution >= 4 is 28.4 Å². The second kappa shape index (κ2) is 2.51. The van der Waals surface area contributed by atoms with Crippen LogP contribution >= 0.6 is 22.6 Å². The molecule has 2 nitrogen and oxygen atoms in total. The number of ketones is 1. The minimum Gasteiger partial charge on any atom is -0.458 e. The molecule has 1 rings (SSSR count). The summed E-state index contributed by atoms with van der Waals surface area (Å²) < 4.78 is 5.56. The van der Waals surface area contributed by atoms with Crippen LogP contribution in [0.15, 0.2) is 16.7 Å². The quantitative estimate of drug-likeness (QED) is 0.552. The summed E-state index contributed by atoms with van der Waals surface area (Å²) in [6.07, 6.45) is 1.51. The Hall–Kier alpha value is -0.320. The molecule has 48 valence electrons. The lowest BCUT2D eigenvalue weighted by Crippen LogP contribution is -1.89. The van der Waals surface area contributed by atoms with Crippen LogP contribution in [0, 0.1) is 3.77 Å². The average molecular weight is 236 g/mol. The van der Waals surface area contributed by atoms with Crippen LogP contribution in [0.3, 0.4) is 0 Å². The van der Waals surface area contributed by atoms with Gasteiger partial charge >= 0.3 is 0 Å². The maximum atomic E-state index is 10.7. The van der Waals surface area contributed by atoms with Gasteiger partial charge in [0.15, 0.2) is 9.55 Å². The van der Waals surface area contributed by atoms with Gasteiger partial charge in [-0.1, -0.05) is 0 Å². The van der Waals surface area contributed by atoms with Gasteiger partial charge < -0.3 is 4.42 Å². The molecule has 1 heterocycles. The third kappa shape index (κ3) is 1.32. The van der Waals surface area contributed by atoms with E-state index in [0.29, 0.717) is 9.33 Å². The largest absolute Gasteiger partial charge is 0.458 e. The second-order valence-corrected chi connectivity index (χ2v) is 2.64. The minimum atomic E-state index is 0.0492. The molecule has 1 aromatic heterocycles. The molecule has 0 atom stereocenters. The third-order valence-electron chi connectivity index (χ3n) is 0.997. The minimum absolute atomic E-state index is 0.0492. The molecule has 0 aromatic carbocycles. The zero-order chi connectivity index (χ0) is 6.85. The normalized spacial score (nSPS) is 9.56. The van der Waals surface area contributed by atoms with Crippen molar-refractivity contribution in [3.8, 4) is 0 Å². The van der Waals surface area contributed by atoms with E-state index in [1.165, 1.54) is 13.2 Å². The number of hydrogen-bond acceptors (Lipinski definition) is 2. The molecule has 3 heteroatoms. The zero-order valence-corrected chi connectivity index (χ0v) is 7.01. The Morgan fingerprint density at radius 2 is 2.44 bits per heavy atom. The number of furan rings is 1. The molecule has 0 saturated carbocycles. The first-order valence-electron chi connectivity index (χ1n) is 2.45. The average Bonchev–Trinajstić information content (AvgIpc) is 2.13. The Morgan fingerprint density at radius 3 is 2.67 bits per heavy atom. The van der Waals surface area contributed by atoms with Gasteiger partial charge in [0, 0.05) is 22.6 Å². The highest BCUT2D eigenvalue weighted by atomic mass is 127. The topological polar surface area (TPSA) is 30.2 Å². The van der Waals surface area contributed by atoms with Crippen LogP contribution in [0.25, 0.3) is 0 Å². The van der Waals surface area contributed by atoms with Crippen LogP contribution in [-0.4, -0.2) is 5.78 Å². The predicted octanol–water partition coefficient (Wildman–Crippen LogP) is 2.09. The van der Waals surface area contributed by atoms with E-state index in [4.69, 9.17) is 4.42 Å². The summed E-state index contributed by atoms with van der Waals surface area (Å²) in [5.41, 5.74) is 0.663. The molecule has 0 unspecified atom stereocenters. The second-order valence-electron chi connectivity index (χ2n) is 1.66. The van der Waals surface area contributed by atoms with Crippen molar-refractivity contribution in [2.45, 2.75) is 6.92 Å². The SMILES string of the molecule is CC(=O)c1ccoc1I. The van der Waals surface area contributed by atoms with E-state index in [9.17, 15) is 4.79 Å². The lowest BCUT2D eigenvalue weighted by atomic mass is 10.2. The highest BCUT2D eigenvalue weighted by Crippen LogP contribution is 2.12. The van der Waals surface area contributed by atoms with Crippen molar-refractivity contribution in [3.05, 3.63) is 21.7 Å². The van der Waals surface area contributed by atoms with E-state index in [0.717, 1.165) is 0 Å². The van der Waals surface area contributed by atoms with Crippen LogP contribution in [0.2, 0.25) is 0 Å². The van der Waals surface area contributed by atoms with E-state index >= 15 is 0 Å². The molecule has 0 fully saturated rings. The predicted molar refractivity (Wildman–Crippen MR) is 41.4 cm³/mol. The van der Waals surface area contributed by atoms with Gasteiger partial charge in [-0.3, -0.25) is 4.79 Å². The zero-order valence-electron chi connectivity index (χ0n) is 4.85. The Kier molecular flexibility index (Phi) is 1.90. The summed E-state index contributed by atoms with van der Waals surface area (Å²) in [4.78, 5) is 10.7. The van der Waals surface area contributed by atoms with Crippen LogP contribution in [-0.2, 0) is 0 Å². The van der Waals surface area contributed by atoms with E-state index in [1.54, 1.807) is 6.07 Å². The number of Topliss-reactive ketones (excluding diaryl/α,β-unsaturated/α-hetero) is 1. The molecule has 1 aromatic rings. The van der Waals surface area contributed by atoms with Crippen molar-refractivity contribution in [2.75, 3.05) is 0 Å². The van der Waals surface area contributed by atoms with Gasteiger partial charge in [0.2, 0.25) is 0 Å². The molecule has 0 spiro atoms.